The van der Waals surface area contributed by atoms with Crippen LogP contribution in [0, 0.1) is 29.1 Å². The summed E-state index contributed by atoms with van der Waals surface area (Å²) in [4.78, 5) is 29.9. The number of hydrogen-bond acceptors (Lipinski definition) is 2. The Morgan fingerprint density at radius 3 is 1.18 bits per heavy atom. The predicted molar refractivity (Wildman–Crippen MR) is 182 cm³/mol. The van der Waals surface area contributed by atoms with Crippen LogP contribution in [0.2, 0.25) is 0 Å². The van der Waals surface area contributed by atoms with E-state index in [1.165, 1.54) is 0 Å². The number of imide groups is 1. The van der Waals surface area contributed by atoms with Crippen LogP contribution in [-0.2, 0) is 23.7 Å². The number of amides is 2. The van der Waals surface area contributed by atoms with Crippen LogP contribution in [0.3, 0.4) is 0 Å². The van der Waals surface area contributed by atoms with Crippen LogP contribution < -0.4 is 4.90 Å². The molecule has 5 aromatic carbocycles. The number of para-hydroxylation sites is 2. The molecule has 7 aromatic rings. The number of hydrogen-bond donors (Lipinski definition) is 0. The molecule has 0 unspecified atom stereocenters. The smallest absolute Gasteiger partial charge is 0.267 e. The summed E-state index contributed by atoms with van der Waals surface area (Å²) in [6.45, 7) is 0. The summed E-state index contributed by atoms with van der Waals surface area (Å²) < 4.78 is 78.5. The molecule has 50 heavy (non-hydrogen) atoms. The SMILES string of the molecule is Cn1c(-c2ccccc2)c(C2=C(c3c(-c4ccccc4)n(C)c4ccccc34)C(=O)N(c3c(F)c(F)c(F)c(F)c3F)C2=O)c2ccccc21. The van der Waals surface area contributed by atoms with Crippen molar-refractivity contribution in [2.75, 3.05) is 4.90 Å². The average Bonchev–Trinajstić information content (AvgIpc) is 3.70. The Hall–Kier alpha value is -6.29. The Morgan fingerprint density at radius 2 is 0.780 bits per heavy atom. The number of fused-ring (bicyclic) bond motifs is 2. The second-order valence-corrected chi connectivity index (χ2v) is 11.9. The zero-order valence-corrected chi connectivity index (χ0v) is 26.4. The first-order valence-electron chi connectivity index (χ1n) is 15.5. The summed E-state index contributed by atoms with van der Waals surface area (Å²) in [7, 11) is 3.57. The second kappa shape index (κ2) is 11.4. The van der Waals surface area contributed by atoms with Crippen molar-refractivity contribution in [1.29, 1.82) is 0 Å². The molecule has 0 spiro atoms. The number of halogens is 5. The van der Waals surface area contributed by atoms with Crippen molar-refractivity contribution < 1.29 is 31.5 Å². The van der Waals surface area contributed by atoms with E-state index in [1.807, 2.05) is 57.7 Å². The van der Waals surface area contributed by atoms with Crippen LogP contribution in [0.25, 0.3) is 55.5 Å². The van der Waals surface area contributed by atoms with E-state index in [1.54, 1.807) is 74.8 Å². The number of anilines is 1. The van der Waals surface area contributed by atoms with Gasteiger partial charge < -0.3 is 9.13 Å². The zero-order chi connectivity index (χ0) is 35.0. The Bertz CT molecular complexity index is 2430. The molecule has 0 radical (unpaired) electrons. The van der Waals surface area contributed by atoms with E-state index >= 15 is 8.78 Å². The summed E-state index contributed by atoms with van der Waals surface area (Å²) in [5.74, 6) is -14.0. The zero-order valence-electron chi connectivity index (χ0n) is 26.4. The van der Waals surface area contributed by atoms with Crippen molar-refractivity contribution >= 4 is 50.5 Å². The Kier molecular flexibility index (Phi) is 7.07. The van der Waals surface area contributed by atoms with Gasteiger partial charge in [0.1, 0.15) is 5.69 Å². The number of carbonyl (C=O) groups excluding carboxylic acids is 2. The molecule has 0 atom stereocenters. The highest BCUT2D eigenvalue weighted by atomic mass is 19.2. The van der Waals surface area contributed by atoms with E-state index in [2.05, 4.69) is 0 Å². The maximum Gasteiger partial charge on any atom is 0.267 e. The summed E-state index contributed by atoms with van der Waals surface area (Å²) in [5, 5.41) is 1.06. The van der Waals surface area contributed by atoms with Gasteiger partial charge >= 0.3 is 0 Å². The molecule has 5 nitrogen and oxygen atoms in total. The van der Waals surface area contributed by atoms with Gasteiger partial charge in [0.05, 0.1) is 22.5 Å². The van der Waals surface area contributed by atoms with Gasteiger partial charge in [-0.15, -0.1) is 0 Å². The molecule has 1 aliphatic heterocycles. The molecule has 246 valence electrons. The van der Waals surface area contributed by atoms with Gasteiger partial charge in [-0.1, -0.05) is 97.1 Å². The fourth-order valence-electron chi connectivity index (χ4n) is 7.15. The summed E-state index contributed by atoms with van der Waals surface area (Å²) in [5.41, 5.74) is 2.05. The summed E-state index contributed by atoms with van der Waals surface area (Å²) in [6, 6.07) is 32.3. The van der Waals surface area contributed by atoms with Gasteiger partial charge in [0.25, 0.3) is 11.8 Å². The third-order valence-electron chi connectivity index (χ3n) is 9.30. The molecule has 0 fully saturated rings. The van der Waals surface area contributed by atoms with Crippen LogP contribution in [0.4, 0.5) is 27.6 Å². The van der Waals surface area contributed by atoms with E-state index in [9.17, 15) is 22.8 Å². The molecule has 3 heterocycles. The van der Waals surface area contributed by atoms with Gasteiger partial charge in [-0.3, -0.25) is 9.59 Å². The lowest BCUT2D eigenvalue weighted by Gasteiger charge is -2.18. The number of benzene rings is 5. The van der Waals surface area contributed by atoms with Crippen LogP contribution in [0.5, 0.6) is 0 Å². The van der Waals surface area contributed by atoms with Gasteiger partial charge in [0.2, 0.25) is 5.82 Å². The first-order valence-corrected chi connectivity index (χ1v) is 15.5. The van der Waals surface area contributed by atoms with Crippen molar-refractivity contribution in [2.24, 2.45) is 14.1 Å². The quantitative estimate of drug-likeness (QED) is 0.0792. The molecular weight excluding hydrogens is 649 g/mol. The number of carbonyl (C=O) groups is 2. The summed E-state index contributed by atoms with van der Waals surface area (Å²) in [6.07, 6.45) is 0. The topological polar surface area (TPSA) is 47.2 Å². The largest absolute Gasteiger partial charge is 0.343 e. The Morgan fingerprint density at radius 1 is 0.440 bits per heavy atom. The normalized spacial score (nSPS) is 13.5. The van der Waals surface area contributed by atoms with Gasteiger partial charge in [-0.05, 0) is 23.3 Å². The number of aryl methyl sites for hydroxylation is 2. The molecular formula is C40H24F5N3O2. The first kappa shape index (κ1) is 31.0. The molecule has 0 saturated heterocycles. The van der Waals surface area contributed by atoms with E-state index in [-0.39, 0.29) is 27.2 Å². The Balaban J connectivity index is 1.57. The van der Waals surface area contributed by atoms with Gasteiger partial charge in [-0.2, -0.15) is 0 Å². The molecule has 1 aliphatic rings. The predicted octanol–water partition coefficient (Wildman–Crippen LogP) is 9.18. The van der Waals surface area contributed by atoms with Crippen molar-refractivity contribution in [3.8, 4) is 22.5 Å². The van der Waals surface area contributed by atoms with Gasteiger partial charge in [0.15, 0.2) is 23.3 Å². The number of rotatable bonds is 5. The minimum Gasteiger partial charge on any atom is -0.343 e. The van der Waals surface area contributed by atoms with Crippen molar-refractivity contribution in [3.05, 3.63) is 149 Å². The van der Waals surface area contributed by atoms with Crippen molar-refractivity contribution in [3.63, 3.8) is 0 Å². The van der Waals surface area contributed by atoms with Crippen LogP contribution in [0.15, 0.2) is 109 Å². The fraction of sp³-hybridized carbons (Fsp3) is 0.0500. The molecule has 10 heteroatoms. The van der Waals surface area contributed by atoms with E-state index in [0.29, 0.717) is 44.3 Å². The van der Waals surface area contributed by atoms with E-state index in [0.717, 1.165) is 0 Å². The lowest BCUT2D eigenvalue weighted by molar-refractivity contribution is -0.119. The van der Waals surface area contributed by atoms with Gasteiger partial charge in [0, 0.05) is 47.0 Å². The monoisotopic (exact) mass is 673 g/mol. The lowest BCUT2D eigenvalue weighted by atomic mass is 9.90. The highest BCUT2D eigenvalue weighted by molar-refractivity contribution is 6.59. The highest BCUT2D eigenvalue weighted by Gasteiger charge is 2.47. The summed E-state index contributed by atoms with van der Waals surface area (Å²) >= 11 is 0. The molecule has 0 bridgehead atoms. The van der Waals surface area contributed by atoms with E-state index < -0.39 is 46.6 Å². The van der Waals surface area contributed by atoms with Crippen molar-refractivity contribution in [2.45, 2.75) is 0 Å². The molecule has 8 rings (SSSR count). The molecule has 0 saturated carbocycles. The number of nitrogens with zero attached hydrogens (tertiary/aromatic N) is 3. The minimum atomic E-state index is -2.41. The maximum atomic E-state index is 15.6. The second-order valence-electron chi connectivity index (χ2n) is 11.9. The molecule has 2 aromatic heterocycles. The van der Waals surface area contributed by atoms with Crippen LogP contribution in [-0.4, -0.2) is 20.9 Å². The van der Waals surface area contributed by atoms with Crippen LogP contribution in [0.1, 0.15) is 11.1 Å². The average molecular weight is 674 g/mol. The van der Waals surface area contributed by atoms with Crippen molar-refractivity contribution in [1.82, 2.24) is 9.13 Å². The lowest BCUT2D eigenvalue weighted by Crippen LogP contribution is -2.34. The standard InChI is InChI=1S/C40H24F5N3O2/c1-46-25-19-11-9-17-23(25)27(36(46)21-13-5-3-6-14-21)29-30(40(50)48(39(29)49)38-34(44)32(42)31(41)33(43)35(38)45)28-24-18-10-12-20-26(24)47(2)37(28)22-15-7-4-8-16-22/h3-20H,1-2H3. The van der Waals surface area contributed by atoms with E-state index in [4.69, 9.17) is 0 Å². The number of aromatic nitrogens is 2. The first-order chi connectivity index (χ1) is 24.1. The Labute approximate surface area is 281 Å². The maximum absolute atomic E-state index is 15.6. The molecule has 2 amide bonds. The van der Waals surface area contributed by atoms with Crippen LogP contribution >= 0.6 is 0 Å². The highest BCUT2D eigenvalue weighted by Crippen LogP contribution is 2.50. The third-order valence-corrected chi connectivity index (χ3v) is 9.30. The molecule has 0 N–H and O–H groups in total. The third kappa shape index (κ3) is 4.24. The fourth-order valence-corrected chi connectivity index (χ4v) is 7.15. The molecule has 0 aliphatic carbocycles. The van der Waals surface area contributed by atoms with Gasteiger partial charge in [-0.25, -0.2) is 26.9 Å². The minimum absolute atomic E-state index is 0.0774.